The van der Waals surface area contributed by atoms with Gasteiger partial charge in [-0.15, -0.1) is 0 Å². The molecule has 0 radical (unpaired) electrons. The molecule has 0 atom stereocenters. The fraction of sp³-hybridized carbons (Fsp3) is 0.538. The van der Waals surface area contributed by atoms with Crippen LogP contribution >= 0.6 is 11.6 Å². The standard InChI is InChI=1S/C13H20ClNO2/c1-6-8-9(13(2,3)15)7-10(14)12(17-5)11(8)16-4/h7H,6,15H2,1-5H3. The first-order valence-electron chi connectivity index (χ1n) is 5.59. The van der Waals surface area contributed by atoms with Crippen molar-refractivity contribution in [1.82, 2.24) is 0 Å². The average Bonchev–Trinajstić information content (AvgIpc) is 2.26. The molecular weight excluding hydrogens is 238 g/mol. The van der Waals surface area contributed by atoms with Crippen LogP contribution in [-0.4, -0.2) is 14.2 Å². The summed E-state index contributed by atoms with van der Waals surface area (Å²) in [6.45, 7) is 5.95. The number of ether oxygens (including phenoxy) is 2. The lowest BCUT2D eigenvalue weighted by atomic mass is 9.89. The van der Waals surface area contributed by atoms with Gasteiger partial charge in [-0.1, -0.05) is 18.5 Å². The number of hydrogen-bond donors (Lipinski definition) is 1. The summed E-state index contributed by atoms with van der Waals surface area (Å²) in [6, 6.07) is 1.86. The first-order valence-corrected chi connectivity index (χ1v) is 5.97. The van der Waals surface area contributed by atoms with Gasteiger partial charge in [-0.3, -0.25) is 0 Å². The van der Waals surface area contributed by atoms with Gasteiger partial charge in [-0.2, -0.15) is 0 Å². The second-order valence-corrected chi connectivity index (χ2v) is 4.93. The Bertz CT molecular complexity index is 411. The largest absolute Gasteiger partial charge is 0.493 e. The third kappa shape index (κ3) is 2.67. The Kier molecular flexibility index (Phi) is 4.28. The number of benzene rings is 1. The van der Waals surface area contributed by atoms with Crippen molar-refractivity contribution in [2.24, 2.45) is 5.73 Å². The predicted octanol–water partition coefficient (Wildman–Crippen LogP) is 3.11. The lowest BCUT2D eigenvalue weighted by molar-refractivity contribution is 0.350. The Hall–Kier alpha value is -0.930. The Labute approximate surface area is 108 Å². The molecule has 0 heterocycles. The molecule has 17 heavy (non-hydrogen) atoms. The Balaban J connectivity index is 3.59. The van der Waals surface area contributed by atoms with Crippen molar-refractivity contribution < 1.29 is 9.47 Å². The van der Waals surface area contributed by atoms with Crippen LogP contribution in [0.4, 0.5) is 0 Å². The highest BCUT2D eigenvalue weighted by Crippen LogP contribution is 2.42. The van der Waals surface area contributed by atoms with Gasteiger partial charge < -0.3 is 15.2 Å². The molecule has 1 aromatic rings. The van der Waals surface area contributed by atoms with Gasteiger partial charge in [0.1, 0.15) is 0 Å². The van der Waals surface area contributed by atoms with Gasteiger partial charge in [-0.25, -0.2) is 0 Å². The molecule has 1 aromatic carbocycles. The lowest BCUT2D eigenvalue weighted by Gasteiger charge is -2.26. The molecule has 96 valence electrons. The van der Waals surface area contributed by atoms with Crippen LogP contribution in [0.3, 0.4) is 0 Å². The minimum Gasteiger partial charge on any atom is -0.493 e. The molecule has 0 unspecified atom stereocenters. The van der Waals surface area contributed by atoms with Crippen LogP contribution in [0, 0.1) is 0 Å². The monoisotopic (exact) mass is 257 g/mol. The molecule has 0 saturated heterocycles. The topological polar surface area (TPSA) is 44.5 Å². The highest BCUT2D eigenvalue weighted by molar-refractivity contribution is 6.32. The third-order valence-corrected chi connectivity index (χ3v) is 3.03. The van der Waals surface area contributed by atoms with E-state index in [2.05, 4.69) is 6.92 Å². The summed E-state index contributed by atoms with van der Waals surface area (Å²) in [4.78, 5) is 0. The molecule has 2 N–H and O–H groups in total. The van der Waals surface area contributed by atoms with E-state index in [0.29, 0.717) is 16.5 Å². The van der Waals surface area contributed by atoms with E-state index in [0.717, 1.165) is 17.5 Å². The van der Waals surface area contributed by atoms with Crippen molar-refractivity contribution in [3.8, 4) is 11.5 Å². The molecule has 0 fully saturated rings. The molecule has 0 aromatic heterocycles. The van der Waals surface area contributed by atoms with Gasteiger partial charge in [0, 0.05) is 11.1 Å². The summed E-state index contributed by atoms with van der Waals surface area (Å²) in [5.74, 6) is 1.25. The summed E-state index contributed by atoms with van der Waals surface area (Å²) in [5, 5.41) is 0.523. The fourth-order valence-corrected chi connectivity index (χ4v) is 2.25. The molecule has 0 aliphatic carbocycles. The van der Waals surface area contributed by atoms with Crippen LogP contribution in [0.2, 0.25) is 5.02 Å². The Morgan fingerprint density at radius 1 is 1.24 bits per heavy atom. The summed E-state index contributed by atoms with van der Waals surface area (Å²) in [5.41, 5.74) is 7.73. The van der Waals surface area contributed by atoms with Gasteiger partial charge in [0.2, 0.25) is 0 Å². The quantitative estimate of drug-likeness (QED) is 0.901. The maximum atomic E-state index is 6.19. The Morgan fingerprint density at radius 3 is 2.12 bits per heavy atom. The van der Waals surface area contributed by atoms with Gasteiger partial charge in [0.15, 0.2) is 11.5 Å². The highest BCUT2D eigenvalue weighted by atomic mass is 35.5. The van der Waals surface area contributed by atoms with Crippen molar-refractivity contribution in [2.75, 3.05) is 14.2 Å². The van der Waals surface area contributed by atoms with Crippen LogP contribution in [-0.2, 0) is 12.0 Å². The van der Waals surface area contributed by atoms with Crippen LogP contribution in [0.5, 0.6) is 11.5 Å². The Morgan fingerprint density at radius 2 is 1.76 bits per heavy atom. The van der Waals surface area contributed by atoms with E-state index >= 15 is 0 Å². The zero-order chi connectivity index (χ0) is 13.2. The van der Waals surface area contributed by atoms with E-state index in [9.17, 15) is 0 Å². The molecule has 0 amide bonds. The lowest BCUT2D eigenvalue weighted by Crippen LogP contribution is -2.30. The van der Waals surface area contributed by atoms with Crippen molar-refractivity contribution in [1.29, 1.82) is 0 Å². The molecule has 0 aliphatic heterocycles. The van der Waals surface area contributed by atoms with Gasteiger partial charge in [0.05, 0.1) is 19.2 Å². The first-order chi connectivity index (χ1) is 7.86. The predicted molar refractivity (Wildman–Crippen MR) is 71.1 cm³/mol. The van der Waals surface area contributed by atoms with Crippen molar-refractivity contribution in [3.05, 3.63) is 22.2 Å². The van der Waals surface area contributed by atoms with E-state index in [1.165, 1.54) is 0 Å². The molecule has 0 saturated carbocycles. The van der Waals surface area contributed by atoms with Gasteiger partial charge in [0.25, 0.3) is 0 Å². The number of hydrogen-bond acceptors (Lipinski definition) is 3. The molecular formula is C13H20ClNO2. The van der Waals surface area contributed by atoms with E-state index in [4.69, 9.17) is 26.8 Å². The van der Waals surface area contributed by atoms with Crippen LogP contribution < -0.4 is 15.2 Å². The maximum Gasteiger partial charge on any atom is 0.179 e. The maximum absolute atomic E-state index is 6.19. The van der Waals surface area contributed by atoms with E-state index < -0.39 is 5.54 Å². The zero-order valence-corrected chi connectivity index (χ0v) is 11.8. The second kappa shape index (κ2) is 5.15. The first kappa shape index (κ1) is 14.1. The second-order valence-electron chi connectivity index (χ2n) is 4.53. The normalized spacial score (nSPS) is 11.5. The van der Waals surface area contributed by atoms with Crippen LogP contribution in [0.1, 0.15) is 31.9 Å². The highest BCUT2D eigenvalue weighted by Gasteiger charge is 2.25. The molecule has 0 aliphatic rings. The summed E-state index contributed by atoms with van der Waals surface area (Å²) in [6.07, 6.45) is 0.812. The SMILES string of the molecule is CCc1c(C(C)(C)N)cc(Cl)c(OC)c1OC. The van der Waals surface area contributed by atoms with E-state index in [1.54, 1.807) is 14.2 Å². The average molecular weight is 258 g/mol. The summed E-state index contributed by atoms with van der Waals surface area (Å²) in [7, 11) is 3.19. The third-order valence-electron chi connectivity index (χ3n) is 2.75. The minimum absolute atomic E-state index is 0.464. The number of nitrogens with two attached hydrogens (primary N) is 1. The molecule has 4 heteroatoms. The van der Waals surface area contributed by atoms with Gasteiger partial charge >= 0.3 is 0 Å². The van der Waals surface area contributed by atoms with Crippen molar-refractivity contribution >= 4 is 11.6 Å². The number of halogens is 1. The van der Waals surface area contributed by atoms with Crippen molar-refractivity contribution in [3.63, 3.8) is 0 Å². The fourth-order valence-electron chi connectivity index (χ4n) is 1.98. The van der Waals surface area contributed by atoms with Crippen molar-refractivity contribution in [2.45, 2.75) is 32.7 Å². The summed E-state index contributed by atoms with van der Waals surface area (Å²) >= 11 is 6.19. The molecule has 0 bridgehead atoms. The minimum atomic E-state index is -0.464. The molecule has 1 rings (SSSR count). The van der Waals surface area contributed by atoms with Crippen LogP contribution in [0.15, 0.2) is 6.07 Å². The zero-order valence-electron chi connectivity index (χ0n) is 11.1. The van der Waals surface area contributed by atoms with E-state index in [1.807, 2.05) is 19.9 Å². The summed E-state index contributed by atoms with van der Waals surface area (Å²) < 4.78 is 10.7. The smallest absolute Gasteiger partial charge is 0.179 e. The number of methoxy groups -OCH3 is 2. The number of rotatable bonds is 4. The van der Waals surface area contributed by atoms with Gasteiger partial charge in [-0.05, 0) is 31.9 Å². The van der Waals surface area contributed by atoms with E-state index in [-0.39, 0.29) is 0 Å². The molecule has 3 nitrogen and oxygen atoms in total. The van der Waals surface area contributed by atoms with Crippen LogP contribution in [0.25, 0.3) is 0 Å². The molecule has 0 spiro atoms.